The maximum atomic E-state index is 12.4. The molecule has 0 aromatic carbocycles. The van der Waals surface area contributed by atoms with E-state index < -0.39 is 0 Å². The Hall–Kier alpha value is -2.05. The zero-order chi connectivity index (χ0) is 17.4. The lowest BCUT2D eigenvalue weighted by Crippen LogP contribution is -2.43. The number of aryl methyl sites for hydroxylation is 2. The number of aromatic nitrogens is 1. The van der Waals surface area contributed by atoms with Gasteiger partial charge in [0.1, 0.15) is 17.2 Å². The highest BCUT2D eigenvalue weighted by atomic mass is 16.5. The number of likely N-dealkylation sites (tertiary alicyclic amines) is 1. The Morgan fingerprint density at radius 1 is 1.40 bits per heavy atom. The van der Waals surface area contributed by atoms with Crippen LogP contribution in [0, 0.1) is 18.3 Å². The van der Waals surface area contributed by atoms with Crippen molar-refractivity contribution >= 4 is 5.91 Å². The molecule has 1 amide bonds. The van der Waals surface area contributed by atoms with E-state index in [0.717, 1.165) is 37.8 Å². The second-order valence-electron chi connectivity index (χ2n) is 7.44. The number of fused-ring (bicyclic) bond motifs is 1. The predicted octanol–water partition coefficient (Wildman–Crippen LogP) is 1.80. The fraction of sp³-hybridized carbons (Fsp3) is 0.526. The highest BCUT2D eigenvalue weighted by Gasteiger charge is 2.50. The molecule has 2 aromatic heterocycles. The molecule has 25 heavy (non-hydrogen) atoms. The summed E-state index contributed by atoms with van der Waals surface area (Å²) in [6, 6.07) is 7.78. The summed E-state index contributed by atoms with van der Waals surface area (Å²) < 4.78 is 13.3. The van der Waals surface area contributed by atoms with Gasteiger partial charge in [-0.3, -0.25) is 9.69 Å². The molecule has 0 bridgehead atoms. The van der Waals surface area contributed by atoms with Crippen molar-refractivity contribution in [1.29, 1.82) is 0 Å². The molecule has 134 valence electrons. The summed E-state index contributed by atoms with van der Waals surface area (Å²) in [5.74, 6) is 2.38. The fourth-order valence-electron chi connectivity index (χ4n) is 4.15. The molecule has 2 fully saturated rings. The van der Waals surface area contributed by atoms with Gasteiger partial charge in [0.2, 0.25) is 0 Å². The molecular weight excluding hydrogens is 318 g/mol. The van der Waals surface area contributed by atoms with E-state index in [4.69, 9.17) is 9.15 Å². The van der Waals surface area contributed by atoms with Crippen LogP contribution in [-0.4, -0.2) is 48.2 Å². The van der Waals surface area contributed by atoms with Crippen molar-refractivity contribution in [3.05, 3.63) is 47.7 Å². The summed E-state index contributed by atoms with van der Waals surface area (Å²) >= 11 is 0. The molecule has 2 aliphatic rings. The minimum atomic E-state index is -0.0207. The Morgan fingerprint density at radius 3 is 3.00 bits per heavy atom. The van der Waals surface area contributed by atoms with Crippen LogP contribution in [0.15, 0.2) is 34.9 Å². The van der Waals surface area contributed by atoms with Gasteiger partial charge in [-0.25, -0.2) is 0 Å². The van der Waals surface area contributed by atoms with Crippen molar-refractivity contribution in [3.63, 3.8) is 0 Å². The van der Waals surface area contributed by atoms with Crippen LogP contribution in [-0.2, 0) is 18.3 Å². The molecule has 0 saturated carbocycles. The Kier molecular flexibility index (Phi) is 4.17. The number of carbonyl (C=O) groups is 1. The van der Waals surface area contributed by atoms with E-state index >= 15 is 0 Å². The molecule has 2 atom stereocenters. The van der Waals surface area contributed by atoms with Crippen LogP contribution in [0.4, 0.5) is 0 Å². The average molecular weight is 343 g/mol. The van der Waals surface area contributed by atoms with Gasteiger partial charge in [0.05, 0.1) is 19.8 Å². The van der Waals surface area contributed by atoms with E-state index in [2.05, 4.69) is 10.2 Å². The summed E-state index contributed by atoms with van der Waals surface area (Å²) in [6.07, 6.45) is 1.89. The molecule has 1 N–H and O–H groups in total. The first-order chi connectivity index (χ1) is 12.1. The van der Waals surface area contributed by atoms with Gasteiger partial charge in [-0.2, -0.15) is 0 Å². The lowest BCUT2D eigenvalue weighted by atomic mass is 9.81. The quantitative estimate of drug-likeness (QED) is 0.899. The number of amides is 1. The van der Waals surface area contributed by atoms with Gasteiger partial charge in [0.25, 0.3) is 5.91 Å². The van der Waals surface area contributed by atoms with Gasteiger partial charge in [0.15, 0.2) is 0 Å². The molecule has 0 radical (unpaired) electrons. The van der Waals surface area contributed by atoms with E-state index in [1.54, 1.807) is 0 Å². The summed E-state index contributed by atoms with van der Waals surface area (Å²) in [4.78, 5) is 14.9. The third kappa shape index (κ3) is 3.12. The highest BCUT2D eigenvalue weighted by molar-refractivity contribution is 5.92. The van der Waals surface area contributed by atoms with Crippen LogP contribution in [0.2, 0.25) is 0 Å². The average Bonchev–Trinajstić information content (AvgIpc) is 3.30. The van der Waals surface area contributed by atoms with Gasteiger partial charge >= 0.3 is 0 Å². The lowest BCUT2D eigenvalue weighted by Gasteiger charge is -2.27. The first-order valence-electron chi connectivity index (χ1n) is 8.81. The van der Waals surface area contributed by atoms with E-state index in [0.29, 0.717) is 24.8 Å². The van der Waals surface area contributed by atoms with Gasteiger partial charge in [0, 0.05) is 44.2 Å². The Morgan fingerprint density at radius 2 is 2.28 bits per heavy atom. The van der Waals surface area contributed by atoms with Crippen LogP contribution in [0.1, 0.15) is 22.0 Å². The molecule has 2 aromatic rings. The van der Waals surface area contributed by atoms with Crippen LogP contribution in [0.5, 0.6) is 0 Å². The van der Waals surface area contributed by atoms with E-state index in [9.17, 15) is 4.79 Å². The minimum absolute atomic E-state index is 0.00244. The summed E-state index contributed by atoms with van der Waals surface area (Å²) in [7, 11) is 1.89. The molecule has 0 unspecified atom stereocenters. The third-order valence-electron chi connectivity index (χ3n) is 5.54. The van der Waals surface area contributed by atoms with Crippen molar-refractivity contribution in [1.82, 2.24) is 14.8 Å². The molecule has 4 heterocycles. The van der Waals surface area contributed by atoms with Gasteiger partial charge < -0.3 is 19.0 Å². The third-order valence-corrected chi connectivity index (χ3v) is 5.54. The Bertz CT molecular complexity index is 766. The molecule has 0 aliphatic carbocycles. The molecule has 2 saturated heterocycles. The summed E-state index contributed by atoms with van der Waals surface area (Å²) in [5.41, 5.74) is 0.690. The van der Waals surface area contributed by atoms with Gasteiger partial charge in [-0.05, 0) is 31.2 Å². The molecule has 6 heteroatoms. The normalized spacial score (nSPS) is 26.1. The molecule has 4 rings (SSSR count). The number of carbonyl (C=O) groups excluding carboxylic acids is 1. The lowest BCUT2D eigenvalue weighted by molar-refractivity contribution is 0.0894. The maximum Gasteiger partial charge on any atom is 0.267 e. The second kappa shape index (κ2) is 6.35. The first kappa shape index (κ1) is 16.4. The molecule has 2 aliphatic heterocycles. The number of ether oxygens (including phenoxy) is 1. The molecular formula is C19H25N3O3. The predicted molar refractivity (Wildman–Crippen MR) is 93.2 cm³/mol. The van der Waals surface area contributed by atoms with Crippen LogP contribution < -0.4 is 5.32 Å². The van der Waals surface area contributed by atoms with Crippen LogP contribution >= 0.6 is 0 Å². The topological polar surface area (TPSA) is 59.6 Å². The number of nitrogens with zero attached hydrogens (tertiary/aromatic N) is 2. The standard InChI is InChI=1S/C19H25N3O3/c1-14-5-6-16(25-14)9-22-8-15-10-24-13-19(15,12-22)11-20-18(23)17-4-3-7-21(17)2/h3-7,15H,8-13H2,1-2H3,(H,20,23)/t15-,19+/m0/s1. The highest BCUT2D eigenvalue weighted by Crippen LogP contribution is 2.41. The minimum Gasteiger partial charge on any atom is -0.465 e. The number of furan rings is 1. The smallest absolute Gasteiger partial charge is 0.267 e. The number of nitrogens with one attached hydrogen (secondary N) is 1. The first-order valence-corrected chi connectivity index (χ1v) is 8.81. The van der Waals surface area contributed by atoms with E-state index in [1.165, 1.54) is 0 Å². The van der Waals surface area contributed by atoms with Crippen molar-refractivity contribution in [2.75, 3.05) is 32.8 Å². The van der Waals surface area contributed by atoms with Crippen LogP contribution in [0.25, 0.3) is 0 Å². The van der Waals surface area contributed by atoms with Gasteiger partial charge in [-0.1, -0.05) is 0 Å². The van der Waals surface area contributed by atoms with Gasteiger partial charge in [-0.15, -0.1) is 0 Å². The van der Waals surface area contributed by atoms with Crippen molar-refractivity contribution in [2.24, 2.45) is 18.4 Å². The van der Waals surface area contributed by atoms with Crippen LogP contribution in [0.3, 0.4) is 0 Å². The Labute approximate surface area is 147 Å². The molecule has 0 spiro atoms. The van der Waals surface area contributed by atoms with E-state index in [1.807, 2.05) is 49.0 Å². The zero-order valence-electron chi connectivity index (χ0n) is 14.8. The SMILES string of the molecule is Cc1ccc(CN2C[C@H]3COC[C@@]3(CNC(=O)c3cccn3C)C2)o1. The fourth-order valence-corrected chi connectivity index (χ4v) is 4.15. The van der Waals surface area contributed by atoms with Crippen molar-refractivity contribution in [3.8, 4) is 0 Å². The van der Waals surface area contributed by atoms with Crippen molar-refractivity contribution < 1.29 is 13.9 Å². The maximum absolute atomic E-state index is 12.4. The van der Waals surface area contributed by atoms with E-state index in [-0.39, 0.29) is 11.3 Å². The monoisotopic (exact) mass is 343 g/mol. The molecule has 6 nitrogen and oxygen atoms in total. The largest absolute Gasteiger partial charge is 0.465 e. The second-order valence-corrected chi connectivity index (χ2v) is 7.44. The Balaban J connectivity index is 1.41. The van der Waals surface area contributed by atoms with Crippen molar-refractivity contribution in [2.45, 2.75) is 13.5 Å². The number of hydrogen-bond acceptors (Lipinski definition) is 4. The number of rotatable bonds is 5. The number of hydrogen-bond donors (Lipinski definition) is 1. The zero-order valence-corrected chi connectivity index (χ0v) is 14.8. The summed E-state index contributed by atoms with van der Waals surface area (Å²) in [5, 5.41) is 3.13. The summed E-state index contributed by atoms with van der Waals surface area (Å²) in [6.45, 7) is 6.82.